The Hall–Kier alpha value is -1.36. The fraction of sp³-hybridized carbons (Fsp3) is 0.600. The molecule has 0 fully saturated rings. The second-order valence-electron chi connectivity index (χ2n) is 3.91. The first-order chi connectivity index (χ1) is 6.93. The first-order valence-corrected chi connectivity index (χ1v) is 4.94. The number of carbonyl (C=O) groups is 1. The summed E-state index contributed by atoms with van der Waals surface area (Å²) in [6, 6.07) is -0.595. The van der Waals surface area contributed by atoms with E-state index in [0.717, 1.165) is 11.5 Å². The second kappa shape index (κ2) is 4.44. The van der Waals surface area contributed by atoms with E-state index in [0.29, 0.717) is 6.42 Å². The van der Waals surface area contributed by atoms with Crippen LogP contribution in [-0.4, -0.2) is 26.7 Å². The number of nitrogens with two attached hydrogens (primary N) is 1. The third kappa shape index (κ3) is 2.56. The summed E-state index contributed by atoms with van der Waals surface area (Å²) in [6.45, 7) is 5.96. The van der Waals surface area contributed by atoms with Crippen molar-refractivity contribution in [1.29, 1.82) is 0 Å². The Kier molecular flexibility index (Phi) is 3.47. The summed E-state index contributed by atoms with van der Waals surface area (Å²) in [4.78, 5) is 14.8. The SMILES string of the molecule is Cc1ncc(CC(N)C(=O)O)n1C(C)C. The van der Waals surface area contributed by atoms with Gasteiger partial charge in [-0.05, 0) is 20.8 Å². The summed E-state index contributed by atoms with van der Waals surface area (Å²) in [7, 11) is 0. The van der Waals surface area contributed by atoms with E-state index in [4.69, 9.17) is 10.8 Å². The number of hydrogen-bond acceptors (Lipinski definition) is 3. The average molecular weight is 211 g/mol. The van der Waals surface area contributed by atoms with Gasteiger partial charge in [0.2, 0.25) is 0 Å². The van der Waals surface area contributed by atoms with E-state index in [-0.39, 0.29) is 6.04 Å². The molecule has 1 rings (SSSR count). The van der Waals surface area contributed by atoms with E-state index >= 15 is 0 Å². The van der Waals surface area contributed by atoms with Crippen LogP contribution in [0.1, 0.15) is 31.4 Å². The van der Waals surface area contributed by atoms with Crippen LogP contribution in [0.4, 0.5) is 0 Å². The summed E-state index contributed by atoms with van der Waals surface area (Å²) in [5.74, 6) is -0.0956. The number of aliphatic carboxylic acids is 1. The van der Waals surface area contributed by atoms with Gasteiger partial charge >= 0.3 is 5.97 Å². The molecule has 0 bridgehead atoms. The van der Waals surface area contributed by atoms with Gasteiger partial charge in [-0.2, -0.15) is 0 Å². The number of aryl methyl sites for hydroxylation is 1. The van der Waals surface area contributed by atoms with Crippen molar-refractivity contribution in [3.8, 4) is 0 Å². The lowest BCUT2D eigenvalue weighted by Crippen LogP contribution is -2.33. The molecule has 0 aliphatic heterocycles. The van der Waals surface area contributed by atoms with Gasteiger partial charge in [-0.15, -0.1) is 0 Å². The standard InChI is InChI=1S/C10H17N3O2/c1-6(2)13-7(3)12-5-8(13)4-9(11)10(14)15/h5-6,9H,4,11H2,1-3H3,(H,14,15). The Morgan fingerprint density at radius 1 is 1.67 bits per heavy atom. The average Bonchev–Trinajstić information content (AvgIpc) is 2.46. The maximum Gasteiger partial charge on any atom is 0.320 e. The fourth-order valence-electron chi connectivity index (χ4n) is 1.67. The summed E-state index contributed by atoms with van der Waals surface area (Å²) >= 11 is 0. The molecule has 0 saturated carbocycles. The zero-order valence-electron chi connectivity index (χ0n) is 9.27. The number of carboxylic acid groups (broad SMARTS) is 1. The van der Waals surface area contributed by atoms with E-state index in [1.807, 2.05) is 25.3 Å². The third-order valence-electron chi connectivity index (χ3n) is 2.32. The lowest BCUT2D eigenvalue weighted by Gasteiger charge is -2.15. The summed E-state index contributed by atoms with van der Waals surface area (Å²) in [6.07, 6.45) is 2.01. The van der Waals surface area contributed by atoms with Gasteiger partial charge in [-0.1, -0.05) is 0 Å². The highest BCUT2D eigenvalue weighted by atomic mass is 16.4. The van der Waals surface area contributed by atoms with Crippen LogP contribution in [0.3, 0.4) is 0 Å². The molecule has 5 nitrogen and oxygen atoms in total. The van der Waals surface area contributed by atoms with Crippen molar-refractivity contribution in [3.63, 3.8) is 0 Å². The van der Waals surface area contributed by atoms with Gasteiger partial charge < -0.3 is 15.4 Å². The molecular weight excluding hydrogens is 194 g/mol. The van der Waals surface area contributed by atoms with Crippen molar-refractivity contribution >= 4 is 5.97 Å². The smallest absolute Gasteiger partial charge is 0.320 e. The largest absolute Gasteiger partial charge is 0.480 e. The maximum absolute atomic E-state index is 10.6. The summed E-state index contributed by atoms with van der Waals surface area (Å²) < 4.78 is 2.00. The van der Waals surface area contributed by atoms with Crippen LogP contribution in [0.2, 0.25) is 0 Å². The molecule has 3 N–H and O–H groups in total. The lowest BCUT2D eigenvalue weighted by molar-refractivity contribution is -0.138. The molecule has 1 heterocycles. The van der Waals surface area contributed by atoms with Crippen LogP contribution in [-0.2, 0) is 11.2 Å². The van der Waals surface area contributed by atoms with Gasteiger partial charge in [0.1, 0.15) is 11.9 Å². The monoisotopic (exact) mass is 211 g/mol. The van der Waals surface area contributed by atoms with E-state index in [9.17, 15) is 4.79 Å². The van der Waals surface area contributed by atoms with Crippen LogP contribution >= 0.6 is 0 Å². The first kappa shape index (κ1) is 11.7. The molecule has 1 unspecified atom stereocenters. The van der Waals surface area contributed by atoms with E-state index in [2.05, 4.69) is 4.98 Å². The summed E-state index contributed by atoms with van der Waals surface area (Å²) in [5, 5.41) is 8.72. The van der Waals surface area contributed by atoms with Crippen molar-refractivity contribution in [3.05, 3.63) is 17.7 Å². The maximum atomic E-state index is 10.6. The van der Waals surface area contributed by atoms with Crippen LogP contribution in [0, 0.1) is 6.92 Å². The van der Waals surface area contributed by atoms with Crippen LogP contribution in [0.15, 0.2) is 6.20 Å². The highest BCUT2D eigenvalue weighted by molar-refractivity contribution is 5.73. The van der Waals surface area contributed by atoms with Crippen molar-refractivity contribution in [2.45, 2.75) is 39.3 Å². The Labute approximate surface area is 88.9 Å². The minimum Gasteiger partial charge on any atom is -0.480 e. The van der Waals surface area contributed by atoms with Crippen molar-refractivity contribution in [2.75, 3.05) is 0 Å². The quantitative estimate of drug-likeness (QED) is 0.769. The van der Waals surface area contributed by atoms with Gasteiger partial charge in [0.25, 0.3) is 0 Å². The van der Waals surface area contributed by atoms with Crippen molar-refractivity contribution in [2.24, 2.45) is 5.73 Å². The highest BCUT2D eigenvalue weighted by Gasteiger charge is 2.17. The number of imidazole rings is 1. The van der Waals surface area contributed by atoms with Crippen LogP contribution < -0.4 is 5.73 Å². The van der Waals surface area contributed by atoms with Crippen LogP contribution in [0.25, 0.3) is 0 Å². The molecule has 1 aromatic heterocycles. The summed E-state index contributed by atoms with van der Waals surface area (Å²) in [5.41, 5.74) is 6.36. The van der Waals surface area contributed by atoms with Gasteiger partial charge in [0.05, 0.1) is 0 Å². The number of hydrogen-bond donors (Lipinski definition) is 2. The van der Waals surface area contributed by atoms with Gasteiger partial charge in [-0.25, -0.2) is 4.98 Å². The van der Waals surface area contributed by atoms with Gasteiger partial charge in [-0.3, -0.25) is 4.79 Å². The highest BCUT2D eigenvalue weighted by Crippen LogP contribution is 2.14. The molecule has 1 aromatic rings. The van der Waals surface area contributed by atoms with E-state index in [1.54, 1.807) is 6.20 Å². The number of rotatable bonds is 4. The third-order valence-corrected chi connectivity index (χ3v) is 2.32. The second-order valence-corrected chi connectivity index (χ2v) is 3.91. The predicted molar refractivity (Wildman–Crippen MR) is 56.7 cm³/mol. The van der Waals surface area contributed by atoms with Gasteiger partial charge in [0.15, 0.2) is 0 Å². The molecule has 84 valence electrons. The molecule has 1 atom stereocenters. The topological polar surface area (TPSA) is 81.1 Å². The minimum atomic E-state index is -0.982. The zero-order chi connectivity index (χ0) is 11.6. The van der Waals surface area contributed by atoms with Crippen molar-refractivity contribution < 1.29 is 9.90 Å². The Bertz CT molecular complexity index is 358. The fourth-order valence-corrected chi connectivity index (χ4v) is 1.67. The normalized spacial score (nSPS) is 13.1. The predicted octanol–water partition coefficient (Wildman–Crippen LogP) is 0.727. The molecule has 15 heavy (non-hydrogen) atoms. The van der Waals surface area contributed by atoms with Crippen molar-refractivity contribution in [1.82, 2.24) is 9.55 Å². The molecule has 0 saturated heterocycles. The molecule has 0 aliphatic carbocycles. The zero-order valence-corrected chi connectivity index (χ0v) is 9.27. The molecule has 0 amide bonds. The first-order valence-electron chi connectivity index (χ1n) is 4.94. The lowest BCUT2D eigenvalue weighted by atomic mass is 10.1. The molecule has 0 aromatic carbocycles. The number of carboxylic acids is 1. The Morgan fingerprint density at radius 3 is 2.73 bits per heavy atom. The van der Waals surface area contributed by atoms with E-state index in [1.165, 1.54) is 0 Å². The van der Waals surface area contributed by atoms with E-state index < -0.39 is 12.0 Å². The molecular formula is C10H17N3O2. The van der Waals surface area contributed by atoms with Gasteiger partial charge in [0, 0.05) is 24.4 Å². The Morgan fingerprint density at radius 2 is 2.27 bits per heavy atom. The number of aromatic nitrogens is 2. The Balaban J connectivity index is 2.90. The number of nitrogens with zero attached hydrogens (tertiary/aromatic N) is 2. The molecule has 0 aliphatic rings. The molecule has 0 spiro atoms. The van der Waals surface area contributed by atoms with Crippen LogP contribution in [0.5, 0.6) is 0 Å². The molecule has 0 radical (unpaired) electrons. The molecule has 5 heteroatoms. The minimum absolute atomic E-state index is 0.267.